The number of esters is 1. The van der Waals surface area contributed by atoms with Crippen molar-refractivity contribution in [3.8, 4) is 11.5 Å². The van der Waals surface area contributed by atoms with Crippen LogP contribution in [0.2, 0.25) is 5.02 Å². The van der Waals surface area contributed by atoms with Gasteiger partial charge in [0.25, 0.3) is 0 Å². The Kier molecular flexibility index (Phi) is 7.09. The van der Waals surface area contributed by atoms with Crippen LogP contribution in [-0.2, 0) is 22.7 Å². The second-order valence-corrected chi connectivity index (χ2v) is 8.92. The number of methoxy groups -OCH3 is 1. The largest absolute Gasteiger partial charge is 0.493 e. The van der Waals surface area contributed by atoms with Gasteiger partial charge in [0.15, 0.2) is 11.5 Å². The molecular weight excluding hydrogens is 492 g/mol. The summed E-state index contributed by atoms with van der Waals surface area (Å²) in [5, 5.41) is 8.18. The summed E-state index contributed by atoms with van der Waals surface area (Å²) in [4.78, 5) is 17.6. The van der Waals surface area contributed by atoms with Crippen LogP contribution in [0.15, 0.2) is 90.4 Å². The monoisotopic (exact) mass is 516 g/mol. The molecule has 0 spiro atoms. The average Bonchev–Trinajstić information content (AvgIpc) is 3.38. The Morgan fingerprint density at radius 2 is 1.81 bits per heavy atom. The highest BCUT2D eigenvalue weighted by Crippen LogP contribution is 2.39. The Balaban J connectivity index is 1.43. The SMILES string of the molecule is COc1cc(C2C(C(=O)OCc3ccccc3)=C(C)Nc3ncnn32)ccc1OCc1cccc(Cl)c1. The second kappa shape index (κ2) is 10.8. The van der Waals surface area contributed by atoms with Gasteiger partial charge in [-0.05, 0) is 47.9 Å². The van der Waals surface area contributed by atoms with Crippen molar-refractivity contribution < 1.29 is 19.0 Å². The Hall–Kier alpha value is -4.30. The molecule has 1 aromatic heterocycles. The van der Waals surface area contributed by atoms with E-state index in [0.717, 1.165) is 16.7 Å². The van der Waals surface area contributed by atoms with E-state index in [1.54, 1.807) is 11.8 Å². The average molecular weight is 517 g/mol. The number of carbonyl (C=O) groups is 1. The fourth-order valence-corrected chi connectivity index (χ4v) is 4.44. The third kappa shape index (κ3) is 5.29. The van der Waals surface area contributed by atoms with Crippen molar-refractivity contribution in [1.29, 1.82) is 0 Å². The van der Waals surface area contributed by atoms with Gasteiger partial charge in [0, 0.05) is 10.7 Å². The molecule has 1 aliphatic rings. The van der Waals surface area contributed by atoms with Crippen molar-refractivity contribution in [1.82, 2.24) is 14.8 Å². The van der Waals surface area contributed by atoms with E-state index in [2.05, 4.69) is 15.4 Å². The Bertz CT molecular complexity index is 1450. The van der Waals surface area contributed by atoms with Gasteiger partial charge in [-0.1, -0.05) is 60.1 Å². The first-order valence-electron chi connectivity index (χ1n) is 11.7. The molecule has 5 rings (SSSR count). The predicted octanol–water partition coefficient (Wildman–Crippen LogP) is 5.55. The molecule has 1 atom stereocenters. The molecule has 0 fully saturated rings. The van der Waals surface area contributed by atoms with Crippen molar-refractivity contribution in [2.45, 2.75) is 26.2 Å². The topological polar surface area (TPSA) is 87.5 Å². The van der Waals surface area contributed by atoms with Crippen molar-refractivity contribution >= 4 is 23.5 Å². The van der Waals surface area contributed by atoms with Gasteiger partial charge in [0.1, 0.15) is 25.6 Å². The van der Waals surface area contributed by atoms with E-state index >= 15 is 0 Å². The highest BCUT2D eigenvalue weighted by atomic mass is 35.5. The molecular formula is C28H25ClN4O4. The maximum absolute atomic E-state index is 13.4. The second-order valence-electron chi connectivity index (χ2n) is 8.49. The van der Waals surface area contributed by atoms with E-state index in [-0.39, 0.29) is 6.61 Å². The van der Waals surface area contributed by atoms with Crippen molar-refractivity contribution in [3.05, 3.63) is 112 Å². The van der Waals surface area contributed by atoms with Crippen molar-refractivity contribution in [3.63, 3.8) is 0 Å². The smallest absolute Gasteiger partial charge is 0.338 e. The highest BCUT2D eigenvalue weighted by Gasteiger charge is 2.35. The van der Waals surface area contributed by atoms with Crippen molar-refractivity contribution in [2.75, 3.05) is 12.4 Å². The number of ether oxygens (including phenoxy) is 3. The van der Waals surface area contributed by atoms with Gasteiger partial charge in [0.05, 0.1) is 12.7 Å². The van der Waals surface area contributed by atoms with E-state index < -0.39 is 12.0 Å². The summed E-state index contributed by atoms with van der Waals surface area (Å²) in [5.74, 6) is 1.17. The first-order chi connectivity index (χ1) is 18.0. The molecule has 8 nitrogen and oxygen atoms in total. The number of allylic oxidation sites excluding steroid dienone is 1. The first kappa shape index (κ1) is 24.4. The number of benzene rings is 3. The number of aromatic nitrogens is 3. The number of anilines is 1. The summed E-state index contributed by atoms with van der Waals surface area (Å²) in [6.07, 6.45) is 1.44. The fraction of sp³-hybridized carbons (Fsp3) is 0.179. The zero-order valence-corrected chi connectivity index (χ0v) is 21.1. The van der Waals surface area contributed by atoms with Crippen LogP contribution >= 0.6 is 11.6 Å². The van der Waals surface area contributed by atoms with E-state index in [4.69, 9.17) is 25.8 Å². The third-order valence-corrected chi connectivity index (χ3v) is 6.25. The van der Waals surface area contributed by atoms with Crippen LogP contribution in [0.4, 0.5) is 5.95 Å². The van der Waals surface area contributed by atoms with E-state index in [1.807, 2.05) is 79.7 Å². The van der Waals surface area contributed by atoms with Crippen LogP contribution in [0.25, 0.3) is 0 Å². The number of hydrogen-bond acceptors (Lipinski definition) is 7. The molecule has 1 unspecified atom stereocenters. The maximum atomic E-state index is 13.4. The van der Waals surface area contributed by atoms with Gasteiger partial charge >= 0.3 is 5.97 Å². The molecule has 37 heavy (non-hydrogen) atoms. The van der Waals surface area contributed by atoms with Gasteiger partial charge < -0.3 is 19.5 Å². The zero-order chi connectivity index (χ0) is 25.8. The number of nitrogens with one attached hydrogen (secondary N) is 1. The highest BCUT2D eigenvalue weighted by molar-refractivity contribution is 6.30. The van der Waals surface area contributed by atoms with Crippen LogP contribution in [-0.4, -0.2) is 27.8 Å². The quantitative estimate of drug-likeness (QED) is 0.307. The minimum atomic E-state index is -0.571. The Labute approximate surface area is 219 Å². The van der Waals surface area contributed by atoms with Gasteiger partial charge in [-0.25, -0.2) is 9.48 Å². The molecule has 0 aliphatic carbocycles. The van der Waals surface area contributed by atoms with Gasteiger partial charge in [0.2, 0.25) is 5.95 Å². The molecule has 9 heteroatoms. The maximum Gasteiger partial charge on any atom is 0.338 e. The Morgan fingerprint density at radius 1 is 1.00 bits per heavy atom. The fourth-order valence-electron chi connectivity index (χ4n) is 4.23. The molecule has 1 aliphatic heterocycles. The van der Waals surface area contributed by atoms with E-state index in [1.165, 1.54) is 6.33 Å². The lowest BCUT2D eigenvalue weighted by atomic mass is 9.95. The summed E-state index contributed by atoms with van der Waals surface area (Å²) >= 11 is 6.09. The first-order valence-corrected chi connectivity index (χ1v) is 12.0. The van der Waals surface area contributed by atoms with Gasteiger partial charge in [-0.2, -0.15) is 10.1 Å². The lowest BCUT2D eigenvalue weighted by molar-refractivity contribution is -0.140. The molecule has 0 bridgehead atoms. The van der Waals surface area contributed by atoms with Gasteiger partial charge in [-0.3, -0.25) is 0 Å². The number of hydrogen-bond donors (Lipinski definition) is 1. The van der Waals surface area contributed by atoms with Crippen LogP contribution in [0.5, 0.6) is 11.5 Å². The number of fused-ring (bicyclic) bond motifs is 1. The molecule has 2 heterocycles. The lowest BCUT2D eigenvalue weighted by Crippen LogP contribution is -2.29. The zero-order valence-electron chi connectivity index (χ0n) is 20.3. The number of rotatable bonds is 8. The minimum absolute atomic E-state index is 0.160. The summed E-state index contributed by atoms with van der Waals surface area (Å²) in [7, 11) is 1.57. The van der Waals surface area contributed by atoms with Crippen LogP contribution in [0, 0.1) is 0 Å². The van der Waals surface area contributed by atoms with Crippen LogP contribution in [0.1, 0.15) is 29.7 Å². The minimum Gasteiger partial charge on any atom is -0.493 e. The number of carbonyl (C=O) groups excluding carboxylic acids is 1. The van der Waals surface area contributed by atoms with Crippen molar-refractivity contribution in [2.24, 2.45) is 0 Å². The predicted molar refractivity (Wildman–Crippen MR) is 139 cm³/mol. The van der Waals surface area contributed by atoms with Crippen LogP contribution < -0.4 is 14.8 Å². The molecule has 4 aromatic rings. The molecule has 0 saturated carbocycles. The molecule has 1 N–H and O–H groups in total. The summed E-state index contributed by atoms with van der Waals surface area (Å²) < 4.78 is 19.0. The van der Waals surface area contributed by atoms with E-state index in [0.29, 0.717) is 40.3 Å². The molecule has 0 radical (unpaired) electrons. The molecule has 0 saturated heterocycles. The molecule has 188 valence electrons. The summed E-state index contributed by atoms with van der Waals surface area (Å²) in [5.41, 5.74) is 3.68. The molecule has 3 aromatic carbocycles. The third-order valence-electron chi connectivity index (χ3n) is 6.01. The summed E-state index contributed by atoms with van der Waals surface area (Å²) in [6, 6.07) is 22.0. The lowest BCUT2D eigenvalue weighted by Gasteiger charge is -2.28. The van der Waals surface area contributed by atoms with E-state index in [9.17, 15) is 4.79 Å². The Morgan fingerprint density at radius 3 is 2.59 bits per heavy atom. The molecule has 0 amide bonds. The normalized spacial score (nSPS) is 14.5. The number of nitrogens with zero attached hydrogens (tertiary/aromatic N) is 3. The van der Waals surface area contributed by atoms with Gasteiger partial charge in [-0.15, -0.1) is 0 Å². The summed E-state index contributed by atoms with van der Waals surface area (Å²) in [6.45, 7) is 2.31. The number of halogens is 1. The van der Waals surface area contributed by atoms with Crippen LogP contribution in [0.3, 0.4) is 0 Å². The standard InChI is InChI=1S/C28H25ClN4O4/c1-18-25(27(34)37-15-19-7-4-3-5-8-19)26(33-28(32-18)30-17-31-33)21-11-12-23(24(14-21)35-2)36-16-20-9-6-10-22(29)13-20/h3-14,17,26H,15-16H2,1-2H3,(H,30,31,32).